The molecular weight excluding hydrogens is 242 g/mol. The fourth-order valence-corrected chi connectivity index (χ4v) is 2.68. The highest BCUT2D eigenvalue weighted by Gasteiger charge is 2.30. The Morgan fingerprint density at radius 1 is 1.19 bits per heavy atom. The predicted molar refractivity (Wildman–Crippen MR) is 71.8 cm³/mol. The first-order valence-electron chi connectivity index (χ1n) is 5.40. The van der Waals surface area contributed by atoms with Gasteiger partial charge in [-0.05, 0) is 5.57 Å². The third kappa shape index (κ3) is 2.11. The van der Waals surface area contributed by atoms with Crippen molar-refractivity contribution >= 4 is 28.5 Å². The van der Waals surface area contributed by atoms with Crippen molar-refractivity contribution < 1.29 is 0 Å². The van der Waals surface area contributed by atoms with Gasteiger partial charge in [0.05, 0.1) is 0 Å². The normalized spacial score (nSPS) is 24.6. The number of halogens is 2. The highest BCUT2D eigenvalue weighted by molar-refractivity contribution is 7.34. The standard InChI is InChI=1S/C11H15BCl2N2/c1-15-7-8-16(2)11(15)9-5-3-4-6-10(9)12(13)14/h3-6,10H,7-8H2,1-2H3. The molecule has 16 heavy (non-hydrogen) atoms. The van der Waals surface area contributed by atoms with Gasteiger partial charge in [0, 0.05) is 33.0 Å². The average Bonchev–Trinajstić information content (AvgIpc) is 2.58. The molecule has 0 aromatic carbocycles. The number of allylic oxidation sites excluding steroid dienone is 5. The van der Waals surface area contributed by atoms with Gasteiger partial charge >= 0.3 is 5.54 Å². The van der Waals surface area contributed by atoms with Crippen molar-refractivity contribution in [1.82, 2.24) is 9.80 Å². The minimum absolute atomic E-state index is 0.0892. The maximum Gasteiger partial charge on any atom is 0.362 e. The number of hydrogen-bond acceptors (Lipinski definition) is 2. The second kappa shape index (κ2) is 4.76. The molecule has 0 N–H and O–H groups in total. The number of nitrogens with zero attached hydrogens (tertiary/aromatic N) is 2. The van der Waals surface area contributed by atoms with Crippen LogP contribution in [0.3, 0.4) is 0 Å². The van der Waals surface area contributed by atoms with Crippen molar-refractivity contribution in [2.45, 2.75) is 5.82 Å². The van der Waals surface area contributed by atoms with E-state index in [1.54, 1.807) is 0 Å². The third-order valence-corrected chi connectivity index (χ3v) is 3.63. The molecule has 1 saturated heterocycles. The minimum atomic E-state index is -0.397. The van der Waals surface area contributed by atoms with Gasteiger partial charge < -0.3 is 9.80 Å². The molecule has 1 fully saturated rings. The predicted octanol–water partition coefficient (Wildman–Crippen LogP) is 2.54. The molecule has 86 valence electrons. The lowest BCUT2D eigenvalue weighted by Gasteiger charge is -2.26. The highest BCUT2D eigenvalue weighted by Crippen LogP contribution is 2.35. The van der Waals surface area contributed by atoms with Crippen molar-refractivity contribution in [2.24, 2.45) is 0 Å². The van der Waals surface area contributed by atoms with E-state index in [1.807, 2.05) is 12.2 Å². The Bertz CT molecular complexity index is 351. The van der Waals surface area contributed by atoms with Gasteiger partial charge in [-0.15, -0.1) is 0 Å². The molecule has 1 atom stereocenters. The molecule has 0 bridgehead atoms. The smallest absolute Gasteiger partial charge is 0.359 e. The first-order chi connectivity index (χ1) is 7.61. The van der Waals surface area contributed by atoms with Gasteiger partial charge in [-0.2, -0.15) is 22.9 Å². The summed E-state index contributed by atoms with van der Waals surface area (Å²) in [5.74, 6) is 1.32. The maximum absolute atomic E-state index is 6.03. The van der Waals surface area contributed by atoms with Crippen molar-refractivity contribution in [3.63, 3.8) is 0 Å². The second-order valence-corrected chi connectivity index (χ2v) is 5.39. The Balaban J connectivity index is 2.40. The molecule has 1 unspecified atom stereocenters. The Labute approximate surface area is 107 Å². The van der Waals surface area contributed by atoms with Gasteiger partial charge in [-0.1, -0.05) is 24.3 Å². The zero-order valence-corrected chi connectivity index (χ0v) is 11.0. The van der Waals surface area contributed by atoms with Gasteiger partial charge in [-0.25, -0.2) is 0 Å². The summed E-state index contributed by atoms with van der Waals surface area (Å²) in [6, 6.07) is 0. The van der Waals surface area contributed by atoms with E-state index < -0.39 is 5.54 Å². The molecule has 2 rings (SSSR count). The monoisotopic (exact) mass is 256 g/mol. The van der Waals surface area contributed by atoms with E-state index in [1.165, 1.54) is 11.4 Å². The first-order valence-corrected chi connectivity index (χ1v) is 6.28. The van der Waals surface area contributed by atoms with E-state index >= 15 is 0 Å². The number of hydrogen-bond donors (Lipinski definition) is 0. The van der Waals surface area contributed by atoms with Crippen LogP contribution >= 0.6 is 22.9 Å². The van der Waals surface area contributed by atoms with Gasteiger partial charge in [0.25, 0.3) is 0 Å². The summed E-state index contributed by atoms with van der Waals surface area (Å²) in [6.07, 6.45) is 8.21. The van der Waals surface area contributed by atoms with Crippen LogP contribution in [-0.4, -0.2) is 42.5 Å². The zero-order valence-electron chi connectivity index (χ0n) is 9.53. The second-order valence-electron chi connectivity index (χ2n) is 4.23. The van der Waals surface area contributed by atoms with Crippen LogP contribution in [0.15, 0.2) is 35.7 Å². The van der Waals surface area contributed by atoms with Crippen molar-refractivity contribution in [1.29, 1.82) is 0 Å². The molecular formula is C11H15BCl2N2. The number of likely N-dealkylation sites (N-methyl/N-ethyl adjacent to an activating group) is 2. The van der Waals surface area contributed by atoms with Crippen LogP contribution in [0.5, 0.6) is 0 Å². The molecule has 0 amide bonds. The van der Waals surface area contributed by atoms with Crippen LogP contribution < -0.4 is 0 Å². The molecule has 1 aliphatic heterocycles. The van der Waals surface area contributed by atoms with Crippen molar-refractivity contribution in [3.8, 4) is 0 Å². The van der Waals surface area contributed by atoms with Crippen LogP contribution in [0.4, 0.5) is 0 Å². The Kier molecular flexibility index (Phi) is 3.55. The Hall–Kier alpha value is -0.535. The van der Waals surface area contributed by atoms with E-state index in [2.05, 4.69) is 36.0 Å². The van der Waals surface area contributed by atoms with Crippen LogP contribution in [0.25, 0.3) is 0 Å². The van der Waals surface area contributed by atoms with Gasteiger partial charge in [0.1, 0.15) is 5.82 Å². The summed E-state index contributed by atoms with van der Waals surface area (Å²) in [6.45, 7) is 2.10. The largest absolute Gasteiger partial charge is 0.362 e. The Morgan fingerprint density at radius 2 is 1.81 bits per heavy atom. The van der Waals surface area contributed by atoms with E-state index in [0.717, 1.165) is 13.1 Å². The van der Waals surface area contributed by atoms with E-state index in [0.29, 0.717) is 0 Å². The summed E-state index contributed by atoms with van der Waals surface area (Å²) in [4.78, 5) is 4.50. The first kappa shape index (κ1) is 11.9. The van der Waals surface area contributed by atoms with Gasteiger partial charge in [-0.3, -0.25) is 0 Å². The van der Waals surface area contributed by atoms with Crippen LogP contribution in [0, 0.1) is 0 Å². The molecule has 2 nitrogen and oxygen atoms in total. The summed E-state index contributed by atoms with van der Waals surface area (Å²) in [5.41, 5.74) is 0.811. The lowest BCUT2D eigenvalue weighted by molar-refractivity contribution is 0.415. The summed E-state index contributed by atoms with van der Waals surface area (Å²) in [7, 11) is 4.21. The van der Waals surface area contributed by atoms with Crippen molar-refractivity contribution in [3.05, 3.63) is 35.7 Å². The molecule has 5 heteroatoms. The summed E-state index contributed by atoms with van der Waals surface area (Å²) >= 11 is 12.1. The average molecular weight is 257 g/mol. The zero-order chi connectivity index (χ0) is 11.7. The van der Waals surface area contributed by atoms with E-state index in [9.17, 15) is 0 Å². The van der Waals surface area contributed by atoms with Crippen LogP contribution in [-0.2, 0) is 0 Å². The lowest BCUT2D eigenvalue weighted by Crippen LogP contribution is -2.22. The van der Waals surface area contributed by atoms with E-state index in [4.69, 9.17) is 22.9 Å². The molecule has 1 heterocycles. The fraction of sp³-hybridized carbons (Fsp3) is 0.455. The molecule has 0 aromatic rings. The van der Waals surface area contributed by atoms with Gasteiger partial charge in [0.2, 0.25) is 0 Å². The van der Waals surface area contributed by atoms with Crippen LogP contribution in [0.1, 0.15) is 0 Å². The van der Waals surface area contributed by atoms with E-state index in [-0.39, 0.29) is 5.82 Å². The fourth-order valence-electron chi connectivity index (χ4n) is 2.25. The SMILES string of the molecule is CN1CCN(C)C1=C1C=CC=CC1B(Cl)Cl. The molecule has 2 aliphatic rings. The molecule has 0 radical (unpaired) electrons. The number of rotatable bonds is 1. The quantitative estimate of drug-likeness (QED) is 0.666. The van der Waals surface area contributed by atoms with Crippen molar-refractivity contribution in [2.75, 3.05) is 27.2 Å². The Morgan fingerprint density at radius 3 is 2.38 bits per heavy atom. The summed E-state index contributed by atoms with van der Waals surface area (Å²) in [5, 5.41) is 0. The highest BCUT2D eigenvalue weighted by atomic mass is 35.5. The lowest BCUT2D eigenvalue weighted by atomic mass is 9.75. The maximum atomic E-state index is 6.03. The minimum Gasteiger partial charge on any atom is -0.359 e. The third-order valence-electron chi connectivity index (χ3n) is 3.09. The molecule has 0 aromatic heterocycles. The molecule has 1 aliphatic carbocycles. The van der Waals surface area contributed by atoms with Gasteiger partial charge in [0.15, 0.2) is 0 Å². The van der Waals surface area contributed by atoms with Crippen LogP contribution in [0.2, 0.25) is 5.82 Å². The molecule has 0 spiro atoms. The summed E-state index contributed by atoms with van der Waals surface area (Å²) < 4.78 is 0. The molecule has 0 saturated carbocycles. The topological polar surface area (TPSA) is 6.48 Å².